The van der Waals surface area contributed by atoms with E-state index in [9.17, 15) is 19.2 Å². The topological polar surface area (TPSA) is 105 Å². The molecule has 0 aromatic carbocycles. The first-order chi connectivity index (χ1) is 11.1. The van der Waals surface area contributed by atoms with Gasteiger partial charge in [0.2, 0.25) is 0 Å². The smallest absolute Gasteiger partial charge is 0.317 e. The average molecular weight is 346 g/mol. The Morgan fingerprint density at radius 1 is 0.750 bits per heavy atom. The van der Waals surface area contributed by atoms with Crippen LogP contribution in [0.2, 0.25) is 0 Å². The van der Waals surface area contributed by atoms with E-state index in [1.807, 2.05) is 20.8 Å². The molecule has 0 fully saturated rings. The van der Waals surface area contributed by atoms with Gasteiger partial charge in [-0.1, -0.05) is 20.8 Å². The SMILES string of the molecule is COC(=O)CC(=O)OCC(COC(=O)CC(=O)OC)CC(C)(C)C. The van der Waals surface area contributed by atoms with E-state index in [1.54, 1.807) is 0 Å². The van der Waals surface area contributed by atoms with Crippen molar-refractivity contribution >= 4 is 23.9 Å². The van der Waals surface area contributed by atoms with Gasteiger partial charge in [0.15, 0.2) is 0 Å². The van der Waals surface area contributed by atoms with E-state index >= 15 is 0 Å². The zero-order chi connectivity index (χ0) is 18.8. The fraction of sp³-hybridized carbons (Fsp3) is 0.750. The van der Waals surface area contributed by atoms with Crippen LogP contribution in [-0.2, 0) is 38.1 Å². The lowest BCUT2D eigenvalue weighted by Crippen LogP contribution is -2.26. The van der Waals surface area contributed by atoms with Crippen LogP contribution in [0.5, 0.6) is 0 Å². The van der Waals surface area contributed by atoms with Crippen LogP contribution in [0.25, 0.3) is 0 Å². The molecule has 0 amide bonds. The highest BCUT2D eigenvalue weighted by molar-refractivity contribution is 5.91. The maximum atomic E-state index is 11.5. The van der Waals surface area contributed by atoms with Crippen molar-refractivity contribution in [2.75, 3.05) is 27.4 Å². The van der Waals surface area contributed by atoms with Gasteiger partial charge in [0.05, 0.1) is 27.4 Å². The molecule has 0 bridgehead atoms. The molecule has 0 heterocycles. The lowest BCUT2D eigenvalue weighted by molar-refractivity contribution is -0.155. The molecule has 0 aromatic rings. The summed E-state index contributed by atoms with van der Waals surface area (Å²) in [6, 6.07) is 0. The number of rotatable bonds is 9. The number of esters is 4. The first kappa shape index (κ1) is 21.9. The number of hydrogen-bond donors (Lipinski definition) is 0. The fourth-order valence-electron chi connectivity index (χ4n) is 1.94. The molecule has 0 N–H and O–H groups in total. The summed E-state index contributed by atoms with van der Waals surface area (Å²) in [4.78, 5) is 45.0. The Bertz CT molecular complexity index is 415. The van der Waals surface area contributed by atoms with Crippen LogP contribution >= 0.6 is 0 Å². The molecule has 0 atom stereocenters. The molecule has 0 aliphatic carbocycles. The molecule has 0 aliphatic rings. The minimum atomic E-state index is -0.707. The first-order valence-electron chi connectivity index (χ1n) is 7.52. The maximum absolute atomic E-state index is 11.5. The molecule has 8 nitrogen and oxygen atoms in total. The summed E-state index contributed by atoms with van der Waals surface area (Å²) in [5, 5.41) is 0. The first-order valence-corrected chi connectivity index (χ1v) is 7.52. The van der Waals surface area contributed by atoms with E-state index in [-0.39, 0.29) is 24.5 Å². The van der Waals surface area contributed by atoms with Gasteiger partial charge in [-0.3, -0.25) is 19.2 Å². The van der Waals surface area contributed by atoms with Gasteiger partial charge in [-0.2, -0.15) is 0 Å². The quantitative estimate of drug-likeness (QED) is 0.349. The van der Waals surface area contributed by atoms with Gasteiger partial charge in [-0.15, -0.1) is 0 Å². The number of carbonyl (C=O) groups is 4. The minimum absolute atomic E-state index is 0.00139. The predicted molar refractivity (Wildman–Crippen MR) is 82.7 cm³/mol. The van der Waals surface area contributed by atoms with E-state index in [2.05, 4.69) is 9.47 Å². The molecule has 0 saturated carbocycles. The molecule has 0 rings (SSSR count). The summed E-state index contributed by atoms with van der Waals surface area (Å²) in [7, 11) is 2.36. The van der Waals surface area contributed by atoms with Crippen molar-refractivity contribution in [3.8, 4) is 0 Å². The largest absolute Gasteiger partial charge is 0.469 e. The zero-order valence-corrected chi connectivity index (χ0v) is 14.9. The number of hydrogen-bond acceptors (Lipinski definition) is 8. The second-order valence-corrected chi connectivity index (χ2v) is 6.50. The Kier molecular flexibility index (Phi) is 9.68. The maximum Gasteiger partial charge on any atom is 0.317 e. The van der Waals surface area contributed by atoms with E-state index in [1.165, 1.54) is 14.2 Å². The van der Waals surface area contributed by atoms with Crippen molar-refractivity contribution in [2.24, 2.45) is 11.3 Å². The van der Waals surface area contributed by atoms with Gasteiger partial charge in [0, 0.05) is 5.92 Å². The van der Waals surface area contributed by atoms with Crippen molar-refractivity contribution in [1.29, 1.82) is 0 Å². The van der Waals surface area contributed by atoms with E-state index in [0.717, 1.165) is 0 Å². The summed E-state index contributed by atoms with van der Waals surface area (Å²) < 4.78 is 18.8. The number of methoxy groups -OCH3 is 2. The van der Waals surface area contributed by atoms with E-state index in [0.29, 0.717) is 6.42 Å². The molecule has 138 valence electrons. The molecular formula is C16H26O8. The molecule has 0 aromatic heterocycles. The van der Waals surface area contributed by atoms with Crippen LogP contribution in [-0.4, -0.2) is 51.3 Å². The summed E-state index contributed by atoms with van der Waals surface area (Å²) in [5.41, 5.74) is -0.0891. The molecule has 0 spiro atoms. The Balaban J connectivity index is 4.48. The van der Waals surface area contributed by atoms with Gasteiger partial charge >= 0.3 is 23.9 Å². The number of carbonyl (C=O) groups excluding carboxylic acids is 4. The highest BCUT2D eigenvalue weighted by Gasteiger charge is 2.23. The van der Waals surface area contributed by atoms with Crippen LogP contribution in [0.1, 0.15) is 40.0 Å². The Morgan fingerprint density at radius 3 is 1.42 bits per heavy atom. The normalized spacial score (nSPS) is 10.9. The third kappa shape index (κ3) is 11.4. The Morgan fingerprint density at radius 2 is 1.12 bits per heavy atom. The van der Waals surface area contributed by atoms with Crippen molar-refractivity contribution in [1.82, 2.24) is 0 Å². The summed E-state index contributed by atoms with van der Waals surface area (Å²) >= 11 is 0. The van der Waals surface area contributed by atoms with Crippen LogP contribution in [0, 0.1) is 11.3 Å². The van der Waals surface area contributed by atoms with Gasteiger partial charge in [0.1, 0.15) is 12.8 Å². The fourth-order valence-corrected chi connectivity index (χ4v) is 1.94. The monoisotopic (exact) mass is 346 g/mol. The predicted octanol–water partition coefficient (Wildman–Crippen LogP) is 1.25. The van der Waals surface area contributed by atoms with Gasteiger partial charge in [-0.25, -0.2) is 0 Å². The molecular weight excluding hydrogens is 320 g/mol. The minimum Gasteiger partial charge on any atom is -0.469 e. The van der Waals surface area contributed by atoms with Crippen molar-refractivity contribution in [3.63, 3.8) is 0 Å². The summed E-state index contributed by atoms with van der Waals surface area (Å²) in [6.07, 6.45) is -0.328. The number of ether oxygens (including phenoxy) is 4. The Labute approximate surface area is 141 Å². The average Bonchev–Trinajstić information content (AvgIpc) is 2.48. The van der Waals surface area contributed by atoms with E-state index in [4.69, 9.17) is 9.47 Å². The molecule has 8 heteroatoms. The second-order valence-electron chi connectivity index (χ2n) is 6.50. The highest BCUT2D eigenvalue weighted by atomic mass is 16.6. The Hall–Kier alpha value is -2.12. The third-order valence-corrected chi connectivity index (χ3v) is 2.89. The van der Waals surface area contributed by atoms with Crippen LogP contribution in [0.4, 0.5) is 0 Å². The summed E-state index contributed by atoms with van der Waals surface area (Å²) in [5.74, 6) is -3.04. The molecule has 0 aliphatic heterocycles. The van der Waals surface area contributed by atoms with E-state index < -0.39 is 36.7 Å². The zero-order valence-electron chi connectivity index (χ0n) is 14.9. The molecule has 0 saturated heterocycles. The van der Waals surface area contributed by atoms with Gasteiger partial charge in [-0.05, 0) is 11.8 Å². The van der Waals surface area contributed by atoms with Crippen LogP contribution in [0.15, 0.2) is 0 Å². The highest BCUT2D eigenvalue weighted by Crippen LogP contribution is 2.25. The van der Waals surface area contributed by atoms with Crippen molar-refractivity contribution in [2.45, 2.75) is 40.0 Å². The van der Waals surface area contributed by atoms with Crippen LogP contribution in [0.3, 0.4) is 0 Å². The third-order valence-electron chi connectivity index (χ3n) is 2.89. The second kappa shape index (κ2) is 10.6. The molecule has 0 unspecified atom stereocenters. The van der Waals surface area contributed by atoms with Crippen molar-refractivity contribution < 1.29 is 38.1 Å². The summed E-state index contributed by atoms with van der Waals surface area (Å²) in [6.45, 7) is 5.98. The van der Waals surface area contributed by atoms with Crippen LogP contribution < -0.4 is 0 Å². The lowest BCUT2D eigenvalue weighted by atomic mass is 9.85. The molecule has 24 heavy (non-hydrogen) atoms. The van der Waals surface area contributed by atoms with Crippen molar-refractivity contribution in [3.05, 3.63) is 0 Å². The van der Waals surface area contributed by atoms with Gasteiger partial charge < -0.3 is 18.9 Å². The lowest BCUT2D eigenvalue weighted by Gasteiger charge is -2.25. The molecule has 0 radical (unpaired) electrons. The standard InChI is InChI=1S/C16H26O8/c1-16(2,3)8-11(9-23-14(19)6-12(17)21-4)10-24-15(20)7-13(18)22-5/h11H,6-10H2,1-5H3. The van der Waals surface area contributed by atoms with Gasteiger partial charge in [0.25, 0.3) is 0 Å².